The van der Waals surface area contributed by atoms with Crippen molar-refractivity contribution < 1.29 is 9.90 Å². The second-order valence-electron chi connectivity index (χ2n) is 3.05. The number of amides is 1. The van der Waals surface area contributed by atoms with Gasteiger partial charge in [0.25, 0.3) is 0 Å². The van der Waals surface area contributed by atoms with Gasteiger partial charge in [0.15, 0.2) is 0 Å². The molecule has 0 atom stereocenters. The van der Waals surface area contributed by atoms with Crippen LogP contribution in [0.5, 0.6) is 0 Å². The number of rotatable bonds is 4. The van der Waals surface area contributed by atoms with E-state index < -0.39 is 0 Å². The van der Waals surface area contributed by atoms with E-state index >= 15 is 0 Å². The van der Waals surface area contributed by atoms with E-state index in [1.165, 1.54) is 6.08 Å². The van der Waals surface area contributed by atoms with Gasteiger partial charge in [0, 0.05) is 12.6 Å². The van der Waals surface area contributed by atoms with Crippen LogP contribution in [0, 0.1) is 11.3 Å². The highest BCUT2D eigenvalue weighted by molar-refractivity contribution is 5.92. The summed E-state index contributed by atoms with van der Waals surface area (Å²) in [5.41, 5.74) is 1.22. The van der Waals surface area contributed by atoms with Crippen molar-refractivity contribution in [3.63, 3.8) is 0 Å². The minimum atomic E-state index is -0.290. The van der Waals surface area contributed by atoms with E-state index in [0.29, 0.717) is 11.1 Å². The molecule has 0 saturated heterocycles. The second-order valence-corrected chi connectivity index (χ2v) is 3.05. The molecule has 0 aliphatic rings. The molecule has 1 rings (SSSR count). The monoisotopic (exact) mass is 216 g/mol. The van der Waals surface area contributed by atoms with Gasteiger partial charge in [-0.1, -0.05) is 18.2 Å². The Kier molecular flexibility index (Phi) is 4.77. The lowest BCUT2D eigenvalue weighted by molar-refractivity contribution is -0.116. The Bertz CT molecular complexity index is 433. The first-order valence-electron chi connectivity index (χ1n) is 4.84. The van der Waals surface area contributed by atoms with Gasteiger partial charge in [-0.3, -0.25) is 4.79 Å². The largest absolute Gasteiger partial charge is 0.395 e. The van der Waals surface area contributed by atoms with E-state index in [9.17, 15) is 4.79 Å². The first-order valence-corrected chi connectivity index (χ1v) is 4.84. The number of aliphatic hydroxyl groups excluding tert-OH is 1. The zero-order valence-electron chi connectivity index (χ0n) is 8.68. The summed E-state index contributed by atoms with van der Waals surface area (Å²) in [6, 6.07) is 9.05. The van der Waals surface area contributed by atoms with Crippen LogP contribution < -0.4 is 5.32 Å². The third-order valence-corrected chi connectivity index (χ3v) is 1.91. The average Bonchev–Trinajstić information content (AvgIpc) is 2.34. The van der Waals surface area contributed by atoms with Gasteiger partial charge in [-0.15, -0.1) is 0 Å². The molecule has 0 aromatic heterocycles. The third-order valence-electron chi connectivity index (χ3n) is 1.91. The van der Waals surface area contributed by atoms with Gasteiger partial charge in [0.2, 0.25) is 5.91 Å². The quantitative estimate of drug-likeness (QED) is 0.727. The molecule has 0 aliphatic carbocycles. The highest BCUT2D eigenvalue weighted by Crippen LogP contribution is 2.08. The van der Waals surface area contributed by atoms with Crippen molar-refractivity contribution in [1.82, 2.24) is 5.32 Å². The smallest absolute Gasteiger partial charge is 0.244 e. The Labute approximate surface area is 93.8 Å². The number of carbonyl (C=O) groups is 1. The molecule has 0 aliphatic heterocycles. The number of nitrogens with one attached hydrogen (secondary N) is 1. The maximum atomic E-state index is 11.2. The molecule has 0 radical (unpaired) electrons. The lowest BCUT2D eigenvalue weighted by Crippen LogP contribution is -2.24. The summed E-state index contributed by atoms with van der Waals surface area (Å²) in [7, 11) is 0. The zero-order chi connectivity index (χ0) is 11.8. The van der Waals surface area contributed by atoms with Crippen LogP contribution in [-0.2, 0) is 4.79 Å². The first-order chi connectivity index (χ1) is 7.77. The van der Waals surface area contributed by atoms with Gasteiger partial charge >= 0.3 is 0 Å². The molecule has 1 aromatic carbocycles. The summed E-state index contributed by atoms with van der Waals surface area (Å²) in [5.74, 6) is -0.290. The topological polar surface area (TPSA) is 73.1 Å². The Hall–Kier alpha value is -2.12. The minimum Gasteiger partial charge on any atom is -0.395 e. The van der Waals surface area contributed by atoms with Crippen LogP contribution in [0.25, 0.3) is 6.08 Å². The second kappa shape index (κ2) is 6.38. The zero-order valence-corrected chi connectivity index (χ0v) is 8.68. The van der Waals surface area contributed by atoms with E-state index in [1.807, 2.05) is 6.07 Å². The molecule has 0 heterocycles. The fraction of sp³-hybridized carbons (Fsp3) is 0.167. The summed E-state index contributed by atoms with van der Waals surface area (Å²) < 4.78 is 0. The SMILES string of the molecule is N#Cc1ccccc1/C=C/C(=O)NCCO. The number of hydrogen-bond donors (Lipinski definition) is 2. The van der Waals surface area contributed by atoms with Gasteiger partial charge < -0.3 is 10.4 Å². The molecule has 1 aromatic rings. The molecule has 0 spiro atoms. The van der Waals surface area contributed by atoms with E-state index in [2.05, 4.69) is 5.32 Å². The van der Waals surface area contributed by atoms with E-state index in [0.717, 1.165) is 0 Å². The molecule has 4 nitrogen and oxygen atoms in total. The summed E-state index contributed by atoms with van der Waals surface area (Å²) in [5, 5.41) is 19.8. The summed E-state index contributed by atoms with van der Waals surface area (Å²) >= 11 is 0. The van der Waals surface area contributed by atoms with Crippen molar-refractivity contribution in [2.75, 3.05) is 13.2 Å². The Balaban J connectivity index is 2.69. The molecule has 4 heteroatoms. The number of nitrogens with zero attached hydrogens (tertiary/aromatic N) is 1. The standard InChI is InChI=1S/C12H12N2O2/c13-9-11-4-2-1-3-10(11)5-6-12(16)14-7-8-15/h1-6,15H,7-8H2,(H,14,16)/b6-5+. The molecule has 82 valence electrons. The van der Waals surface area contributed by atoms with Gasteiger partial charge in [-0.25, -0.2) is 0 Å². The van der Waals surface area contributed by atoms with Crippen LogP contribution in [0.2, 0.25) is 0 Å². The van der Waals surface area contributed by atoms with Crippen molar-refractivity contribution in [2.45, 2.75) is 0 Å². The maximum Gasteiger partial charge on any atom is 0.244 e. The highest BCUT2D eigenvalue weighted by Gasteiger charge is 1.97. The predicted molar refractivity (Wildman–Crippen MR) is 60.3 cm³/mol. The lowest BCUT2D eigenvalue weighted by Gasteiger charge is -1.98. The first kappa shape index (κ1) is 12.0. The van der Waals surface area contributed by atoms with Crippen molar-refractivity contribution >= 4 is 12.0 Å². The van der Waals surface area contributed by atoms with Crippen LogP contribution in [0.1, 0.15) is 11.1 Å². The van der Waals surface area contributed by atoms with Crippen LogP contribution >= 0.6 is 0 Å². The van der Waals surface area contributed by atoms with Gasteiger partial charge in [-0.2, -0.15) is 5.26 Å². The molecule has 0 fully saturated rings. The molecule has 16 heavy (non-hydrogen) atoms. The van der Waals surface area contributed by atoms with E-state index in [1.54, 1.807) is 30.3 Å². The predicted octanol–water partition coefficient (Wildman–Crippen LogP) is 0.680. The minimum absolute atomic E-state index is 0.0889. The number of aliphatic hydroxyl groups is 1. The van der Waals surface area contributed by atoms with Gasteiger partial charge in [0.1, 0.15) is 0 Å². The van der Waals surface area contributed by atoms with Gasteiger partial charge in [0.05, 0.1) is 18.2 Å². The van der Waals surface area contributed by atoms with Crippen LogP contribution in [0.3, 0.4) is 0 Å². The van der Waals surface area contributed by atoms with Crippen molar-refractivity contribution in [3.05, 3.63) is 41.5 Å². The third kappa shape index (κ3) is 3.56. The fourth-order valence-corrected chi connectivity index (χ4v) is 1.15. The Morgan fingerprint density at radius 2 is 2.25 bits per heavy atom. The number of benzene rings is 1. The molecule has 1 amide bonds. The van der Waals surface area contributed by atoms with Crippen molar-refractivity contribution in [3.8, 4) is 6.07 Å². The number of carbonyl (C=O) groups excluding carboxylic acids is 1. The molecule has 2 N–H and O–H groups in total. The maximum absolute atomic E-state index is 11.2. The summed E-state index contributed by atoms with van der Waals surface area (Å²) in [6.07, 6.45) is 2.91. The number of nitriles is 1. The molecule has 0 bridgehead atoms. The fourth-order valence-electron chi connectivity index (χ4n) is 1.15. The normalized spacial score (nSPS) is 10.0. The highest BCUT2D eigenvalue weighted by atomic mass is 16.3. The van der Waals surface area contributed by atoms with Crippen LogP contribution in [0.4, 0.5) is 0 Å². The number of hydrogen-bond acceptors (Lipinski definition) is 3. The van der Waals surface area contributed by atoms with Crippen LogP contribution in [0.15, 0.2) is 30.3 Å². The molecule has 0 unspecified atom stereocenters. The summed E-state index contributed by atoms with van der Waals surface area (Å²) in [6.45, 7) is 0.136. The lowest BCUT2D eigenvalue weighted by atomic mass is 10.1. The molecule has 0 saturated carbocycles. The van der Waals surface area contributed by atoms with Crippen LogP contribution in [-0.4, -0.2) is 24.2 Å². The summed E-state index contributed by atoms with van der Waals surface area (Å²) in [4.78, 5) is 11.2. The van der Waals surface area contributed by atoms with E-state index in [4.69, 9.17) is 10.4 Å². The van der Waals surface area contributed by atoms with Crippen molar-refractivity contribution in [2.24, 2.45) is 0 Å². The Morgan fingerprint density at radius 1 is 1.50 bits per heavy atom. The van der Waals surface area contributed by atoms with Crippen molar-refractivity contribution in [1.29, 1.82) is 5.26 Å². The molecular weight excluding hydrogens is 204 g/mol. The molecular formula is C12H12N2O2. The van der Waals surface area contributed by atoms with E-state index in [-0.39, 0.29) is 19.1 Å². The Morgan fingerprint density at radius 3 is 2.94 bits per heavy atom. The van der Waals surface area contributed by atoms with Gasteiger partial charge in [-0.05, 0) is 17.7 Å². The average molecular weight is 216 g/mol.